The average Bonchev–Trinajstić information content (AvgIpc) is 2.63. The van der Waals surface area contributed by atoms with Crippen LogP contribution in [0.25, 0.3) is 0 Å². The molecular weight excluding hydrogens is 316 g/mol. The third kappa shape index (κ3) is 4.50. The van der Waals surface area contributed by atoms with Gasteiger partial charge in [-0.05, 0) is 30.3 Å². The molecular formula is C19H22N4O2. The minimum atomic E-state index is -0.273. The molecule has 0 bridgehead atoms. The predicted octanol–water partition coefficient (Wildman–Crippen LogP) is 3.00. The van der Waals surface area contributed by atoms with Gasteiger partial charge in [-0.15, -0.1) is 0 Å². The van der Waals surface area contributed by atoms with Crippen molar-refractivity contribution < 1.29 is 9.59 Å². The Morgan fingerprint density at radius 1 is 0.840 bits per heavy atom. The summed E-state index contributed by atoms with van der Waals surface area (Å²) in [6.45, 7) is 4.63. The van der Waals surface area contributed by atoms with Crippen molar-refractivity contribution in [1.82, 2.24) is 4.90 Å². The van der Waals surface area contributed by atoms with Crippen LogP contribution in [0, 0.1) is 0 Å². The van der Waals surface area contributed by atoms with E-state index in [4.69, 9.17) is 0 Å². The fraction of sp³-hybridized carbons (Fsp3) is 0.263. The van der Waals surface area contributed by atoms with Crippen LogP contribution in [0.4, 0.5) is 21.9 Å². The number of nitrogens with one attached hydrogen (secondary N) is 2. The van der Waals surface area contributed by atoms with E-state index in [9.17, 15) is 9.59 Å². The molecule has 2 N–H and O–H groups in total. The zero-order chi connectivity index (χ0) is 17.6. The van der Waals surface area contributed by atoms with Crippen LogP contribution in [0.2, 0.25) is 0 Å². The minimum absolute atomic E-state index is 0.118. The highest BCUT2D eigenvalue weighted by molar-refractivity contribution is 6.00. The maximum absolute atomic E-state index is 12.1. The molecule has 0 radical (unpaired) electrons. The molecule has 2 aromatic carbocycles. The highest BCUT2D eigenvalue weighted by Gasteiger charge is 2.19. The number of amides is 3. The molecule has 3 rings (SSSR count). The van der Waals surface area contributed by atoms with Gasteiger partial charge in [0.2, 0.25) is 5.91 Å². The summed E-state index contributed by atoms with van der Waals surface area (Å²) >= 11 is 0. The SMILES string of the molecule is CC(=O)N1CCN(c2cccc(NC(=O)Nc3ccccc3)c2)CC1. The lowest BCUT2D eigenvalue weighted by molar-refractivity contribution is -0.129. The van der Waals surface area contributed by atoms with E-state index in [1.165, 1.54) is 0 Å². The monoisotopic (exact) mass is 338 g/mol. The van der Waals surface area contributed by atoms with Gasteiger partial charge in [0, 0.05) is 50.2 Å². The molecule has 3 amide bonds. The fourth-order valence-corrected chi connectivity index (χ4v) is 2.87. The minimum Gasteiger partial charge on any atom is -0.368 e. The lowest BCUT2D eigenvalue weighted by Crippen LogP contribution is -2.48. The third-order valence-electron chi connectivity index (χ3n) is 4.23. The van der Waals surface area contributed by atoms with Gasteiger partial charge in [-0.2, -0.15) is 0 Å². The van der Waals surface area contributed by atoms with E-state index in [0.29, 0.717) is 0 Å². The second kappa shape index (κ2) is 7.70. The van der Waals surface area contributed by atoms with Crippen molar-refractivity contribution >= 4 is 29.0 Å². The smallest absolute Gasteiger partial charge is 0.323 e. The van der Waals surface area contributed by atoms with Gasteiger partial charge in [0.15, 0.2) is 0 Å². The Labute approximate surface area is 147 Å². The molecule has 0 spiro atoms. The molecule has 6 heteroatoms. The van der Waals surface area contributed by atoms with E-state index in [-0.39, 0.29) is 11.9 Å². The van der Waals surface area contributed by atoms with Crippen LogP contribution in [0.1, 0.15) is 6.92 Å². The van der Waals surface area contributed by atoms with Crippen LogP contribution in [0.3, 0.4) is 0 Å². The van der Waals surface area contributed by atoms with Gasteiger partial charge in [0.05, 0.1) is 0 Å². The van der Waals surface area contributed by atoms with Crippen molar-refractivity contribution in [3.05, 3.63) is 54.6 Å². The van der Waals surface area contributed by atoms with Crippen molar-refractivity contribution in [2.24, 2.45) is 0 Å². The van der Waals surface area contributed by atoms with Crippen LogP contribution in [0.15, 0.2) is 54.6 Å². The Balaban J connectivity index is 1.60. The number of anilines is 3. The molecule has 1 saturated heterocycles. The standard InChI is InChI=1S/C19H22N4O2/c1-15(24)22-10-12-23(13-11-22)18-9-5-8-17(14-18)21-19(25)20-16-6-3-2-4-7-16/h2-9,14H,10-13H2,1H3,(H2,20,21,25). The van der Waals surface area contributed by atoms with E-state index < -0.39 is 0 Å². The number of urea groups is 1. The Hall–Kier alpha value is -3.02. The Bertz CT molecular complexity index is 740. The summed E-state index contributed by atoms with van der Waals surface area (Å²) < 4.78 is 0. The highest BCUT2D eigenvalue weighted by Crippen LogP contribution is 2.21. The van der Waals surface area contributed by atoms with Crippen LogP contribution in [0.5, 0.6) is 0 Å². The van der Waals surface area contributed by atoms with E-state index in [1.54, 1.807) is 6.92 Å². The molecule has 6 nitrogen and oxygen atoms in total. The summed E-state index contributed by atoms with van der Waals surface area (Å²) in [5.74, 6) is 0.118. The predicted molar refractivity (Wildman–Crippen MR) is 100.0 cm³/mol. The first-order valence-electron chi connectivity index (χ1n) is 8.35. The number of benzene rings is 2. The van der Waals surface area contributed by atoms with E-state index in [0.717, 1.165) is 43.2 Å². The summed E-state index contributed by atoms with van der Waals surface area (Å²) in [4.78, 5) is 27.6. The molecule has 0 aliphatic carbocycles. The van der Waals surface area contributed by atoms with Gasteiger partial charge < -0.3 is 20.4 Å². The van der Waals surface area contributed by atoms with Crippen LogP contribution in [-0.2, 0) is 4.79 Å². The topological polar surface area (TPSA) is 64.7 Å². The van der Waals surface area contributed by atoms with Crippen molar-refractivity contribution in [3.63, 3.8) is 0 Å². The molecule has 130 valence electrons. The molecule has 1 fully saturated rings. The van der Waals surface area contributed by atoms with Gasteiger partial charge in [-0.25, -0.2) is 4.79 Å². The van der Waals surface area contributed by atoms with Gasteiger partial charge >= 0.3 is 6.03 Å². The van der Waals surface area contributed by atoms with Crippen molar-refractivity contribution in [2.75, 3.05) is 41.7 Å². The van der Waals surface area contributed by atoms with Gasteiger partial charge in [0.1, 0.15) is 0 Å². The average molecular weight is 338 g/mol. The van der Waals surface area contributed by atoms with Crippen molar-refractivity contribution in [1.29, 1.82) is 0 Å². The second-order valence-corrected chi connectivity index (χ2v) is 5.99. The highest BCUT2D eigenvalue weighted by atomic mass is 16.2. The molecule has 2 aromatic rings. The lowest BCUT2D eigenvalue weighted by atomic mass is 10.2. The molecule has 1 aliphatic heterocycles. The van der Waals surface area contributed by atoms with Crippen molar-refractivity contribution in [2.45, 2.75) is 6.92 Å². The largest absolute Gasteiger partial charge is 0.368 e. The summed E-state index contributed by atoms with van der Waals surface area (Å²) in [5.41, 5.74) is 2.53. The fourth-order valence-electron chi connectivity index (χ4n) is 2.87. The Morgan fingerprint density at radius 3 is 2.16 bits per heavy atom. The maximum atomic E-state index is 12.1. The number of rotatable bonds is 3. The zero-order valence-electron chi connectivity index (χ0n) is 14.2. The number of piperazine rings is 1. The third-order valence-corrected chi connectivity index (χ3v) is 4.23. The molecule has 0 unspecified atom stereocenters. The Kier molecular flexibility index (Phi) is 5.18. The number of hydrogen-bond donors (Lipinski definition) is 2. The molecule has 0 atom stereocenters. The summed E-state index contributed by atoms with van der Waals surface area (Å²) in [5, 5.41) is 5.66. The van der Waals surface area contributed by atoms with Crippen molar-refractivity contribution in [3.8, 4) is 0 Å². The molecule has 1 aliphatic rings. The van der Waals surface area contributed by atoms with Crippen LogP contribution in [-0.4, -0.2) is 43.0 Å². The van der Waals surface area contributed by atoms with E-state index >= 15 is 0 Å². The molecule has 0 saturated carbocycles. The molecule has 25 heavy (non-hydrogen) atoms. The first-order valence-corrected chi connectivity index (χ1v) is 8.35. The number of para-hydroxylation sites is 1. The van der Waals surface area contributed by atoms with Gasteiger partial charge in [-0.1, -0.05) is 24.3 Å². The van der Waals surface area contributed by atoms with Crippen LogP contribution >= 0.6 is 0 Å². The van der Waals surface area contributed by atoms with E-state index in [2.05, 4.69) is 15.5 Å². The number of hydrogen-bond acceptors (Lipinski definition) is 3. The maximum Gasteiger partial charge on any atom is 0.323 e. The summed E-state index contributed by atoms with van der Waals surface area (Å²) in [7, 11) is 0. The number of carbonyl (C=O) groups is 2. The summed E-state index contributed by atoms with van der Waals surface area (Å²) in [6.07, 6.45) is 0. The first-order chi connectivity index (χ1) is 12.1. The lowest BCUT2D eigenvalue weighted by Gasteiger charge is -2.35. The molecule has 0 aromatic heterocycles. The van der Waals surface area contributed by atoms with Gasteiger partial charge in [0.25, 0.3) is 0 Å². The Morgan fingerprint density at radius 2 is 1.48 bits per heavy atom. The van der Waals surface area contributed by atoms with E-state index in [1.807, 2.05) is 59.5 Å². The molecule has 1 heterocycles. The second-order valence-electron chi connectivity index (χ2n) is 5.99. The quantitative estimate of drug-likeness (QED) is 0.904. The number of carbonyl (C=O) groups excluding carboxylic acids is 2. The number of nitrogens with zero attached hydrogens (tertiary/aromatic N) is 2. The normalized spacial score (nSPS) is 14.1. The van der Waals surface area contributed by atoms with Gasteiger partial charge in [-0.3, -0.25) is 4.79 Å². The summed E-state index contributed by atoms with van der Waals surface area (Å²) in [6, 6.07) is 16.8. The zero-order valence-corrected chi connectivity index (χ0v) is 14.2. The van der Waals surface area contributed by atoms with Crippen LogP contribution < -0.4 is 15.5 Å². The first kappa shape index (κ1) is 16.8.